The smallest absolute Gasteiger partial charge is 0.323 e. The highest BCUT2D eigenvalue weighted by molar-refractivity contribution is 5.73. The Morgan fingerprint density at radius 1 is 1.61 bits per heavy atom. The third-order valence-electron chi connectivity index (χ3n) is 1.98. The molecule has 0 fully saturated rings. The summed E-state index contributed by atoms with van der Waals surface area (Å²) < 4.78 is 5.44. The summed E-state index contributed by atoms with van der Waals surface area (Å²) in [6, 6.07) is 1.62. The van der Waals surface area contributed by atoms with Gasteiger partial charge in [-0.1, -0.05) is 6.08 Å². The molecule has 0 radical (unpaired) electrons. The molecule has 0 spiro atoms. The quantitative estimate of drug-likeness (QED) is 0.737. The first-order valence-electron chi connectivity index (χ1n) is 5.59. The van der Waals surface area contributed by atoms with Crippen LogP contribution in [0.15, 0.2) is 25.0 Å². The summed E-state index contributed by atoms with van der Waals surface area (Å²) in [4.78, 5) is 20.4. The van der Waals surface area contributed by atoms with Gasteiger partial charge in [-0.3, -0.25) is 4.79 Å². The molecule has 18 heavy (non-hydrogen) atoms. The molecule has 1 rings (SSSR count). The molecule has 0 saturated carbocycles. The van der Waals surface area contributed by atoms with Gasteiger partial charge in [0.15, 0.2) is 0 Å². The van der Waals surface area contributed by atoms with Crippen molar-refractivity contribution < 1.29 is 14.6 Å². The molecule has 0 bridgehead atoms. The molecular weight excluding hydrogens is 234 g/mol. The first-order chi connectivity index (χ1) is 8.52. The van der Waals surface area contributed by atoms with E-state index in [9.17, 15) is 4.79 Å². The van der Waals surface area contributed by atoms with Crippen molar-refractivity contribution in [1.29, 1.82) is 0 Å². The van der Waals surface area contributed by atoms with Gasteiger partial charge < -0.3 is 14.7 Å². The van der Waals surface area contributed by atoms with E-state index in [4.69, 9.17) is 9.84 Å². The van der Waals surface area contributed by atoms with Crippen molar-refractivity contribution in [3.8, 4) is 5.88 Å². The second-order valence-electron chi connectivity index (χ2n) is 3.94. The zero-order chi connectivity index (χ0) is 13.5. The number of hydrogen-bond donors (Lipinski definition) is 1. The standard InChI is InChI=1S/C12H17N3O3/c1-4-5-15(7-12(16)17)10-6-11(14-8-13-10)18-9(2)3/h4,6,8-9H,1,5,7H2,2-3H3,(H,16,17). The fourth-order valence-corrected chi connectivity index (χ4v) is 1.37. The van der Waals surface area contributed by atoms with Crippen LogP contribution in [0.25, 0.3) is 0 Å². The van der Waals surface area contributed by atoms with Crippen molar-refractivity contribution in [2.75, 3.05) is 18.0 Å². The highest BCUT2D eigenvalue weighted by atomic mass is 16.5. The first kappa shape index (κ1) is 14.0. The van der Waals surface area contributed by atoms with E-state index in [0.717, 1.165) is 0 Å². The third-order valence-corrected chi connectivity index (χ3v) is 1.98. The normalized spacial score (nSPS) is 10.2. The molecular formula is C12H17N3O3. The topological polar surface area (TPSA) is 75.6 Å². The molecule has 6 nitrogen and oxygen atoms in total. The van der Waals surface area contributed by atoms with Crippen LogP contribution in [0.5, 0.6) is 5.88 Å². The average Bonchev–Trinajstić information content (AvgIpc) is 2.27. The van der Waals surface area contributed by atoms with Gasteiger partial charge in [0.2, 0.25) is 5.88 Å². The van der Waals surface area contributed by atoms with Crippen molar-refractivity contribution >= 4 is 11.8 Å². The molecule has 0 saturated heterocycles. The average molecular weight is 251 g/mol. The second-order valence-corrected chi connectivity index (χ2v) is 3.94. The number of carbonyl (C=O) groups is 1. The maximum absolute atomic E-state index is 10.8. The molecule has 1 aromatic heterocycles. The highest BCUT2D eigenvalue weighted by Gasteiger charge is 2.12. The summed E-state index contributed by atoms with van der Waals surface area (Å²) in [6.45, 7) is 7.62. The Balaban J connectivity index is 2.89. The maximum atomic E-state index is 10.8. The van der Waals surface area contributed by atoms with Crippen LogP contribution in [0, 0.1) is 0 Å². The third kappa shape index (κ3) is 4.40. The van der Waals surface area contributed by atoms with Crippen molar-refractivity contribution in [2.24, 2.45) is 0 Å². The molecule has 0 unspecified atom stereocenters. The Morgan fingerprint density at radius 2 is 2.33 bits per heavy atom. The predicted octanol–water partition coefficient (Wildman–Crippen LogP) is 1.34. The van der Waals surface area contributed by atoms with Gasteiger partial charge in [0.05, 0.1) is 6.10 Å². The van der Waals surface area contributed by atoms with Gasteiger partial charge in [-0.15, -0.1) is 6.58 Å². The molecule has 1 heterocycles. The molecule has 0 aliphatic carbocycles. The van der Waals surface area contributed by atoms with E-state index in [-0.39, 0.29) is 12.6 Å². The number of nitrogens with zero attached hydrogens (tertiary/aromatic N) is 3. The largest absolute Gasteiger partial charge is 0.480 e. The predicted molar refractivity (Wildman–Crippen MR) is 67.8 cm³/mol. The van der Waals surface area contributed by atoms with Crippen LogP contribution in [0.4, 0.5) is 5.82 Å². The van der Waals surface area contributed by atoms with Crippen LogP contribution in [0.3, 0.4) is 0 Å². The second kappa shape index (κ2) is 6.58. The van der Waals surface area contributed by atoms with Crippen molar-refractivity contribution in [1.82, 2.24) is 9.97 Å². The number of anilines is 1. The van der Waals surface area contributed by atoms with E-state index in [1.165, 1.54) is 6.33 Å². The van der Waals surface area contributed by atoms with Crippen molar-refractivity contribution in [3.63, 3.8) is 0 Å². The van der Waals surface area contributed by atoms with Gasteiger partial charge in [0.25, 0.3) is 0 Å². The van der Waals surface area contributed by atoms with E-state index in [1.807, 2.05) is 13.8 Å². The number of hydrogen-bond acceptors (Lipinski definition) is 5. The number of ether oxygens (including phenoxy) is 1. The minimum atomic E-state index is -0.929. The SMILES string of the molecule is C=CCN(CC(=O)O)c1cc(OC(C)C)ncn1. The maximum Gasteiger partial charge on any atom is 0.323 e. The van der Waals surface area contributed by atoms with Crippen LogP contribution in [0.2, 0.25) is 0 Å². The molecule has 0 amide bonds. The van der Waals surface area contributed by atoms with Gasteiger partial charge in [0, 0.05) is 12.6 Å². The lowest BCUT2D eigenvalue weighted by atomic mass is 10.4. The van der Waals surface area contributed by atoms with E-state index < -0.39 is 5.97 Å². The molecule has 0 aliphatic heterocycles. The zero-order valence-electron chi connectivity index (χ0n) is 10.5. The van der Waals surface area contributed by atoms with Crippen LogP contribution < -0.4 is 9.64 Å². The van der Waals surface area contributed by atoms with Crippen LogP contribution in [-0.4, -0.2) is 40.2 Å². The monoisotopic (exact) mass is 251 g/mol. The lowest BCUT2D eigenvalue weighted by Crippen LogP contribution is -2.30. The summed E-state index contributed by atoms with van der Waals surface area (Å²) in [6.07, 6.45) is 2.97. The molecule has 1 aromatic rings. The van der Waals surface area contributed by atoms with Crippen molar-refractivity contribution in [2.45, 2.75) is 20.0 Å². The van der Waals surface area contributed by atoms with Gasteiger partial charge in [-0.2, -0.15) is 0 Å². The summed E-state index contributed by atoms with van der Waals surface area (Å²) in [7, 11) is 0. The van der Waals surface area contributed by atoms with Crippen LogP contribution in [-0.2, 0) is 4.79 Å². The fraction of sp³-hybridized carbons (Fsp3) is 0.417. The van der Waals surface area contributed by atoms with Crippen molar-refractivity contribution in [3.05, 3.63) is 25.0 Å². The van der Waals surface area contributed by atoms with Gasteiger partial charge >= 0.3 is 5.97 Å². The number of aromatic nitrogens is 2. The van der Waals surface area contributed by atoms with Crippen LogP contribution >= 0.6 is 0 Å². The van der Waals surface area contributed by atoms with Crippen LogP contribution in [0.1, 0.15) is 13.8 Å². The molecule has 0 aliphatic rings. The Labute approximate surface area is 106 Å². The molecule has 0 aromatic carbocycles. The molecule has 98 valence electrons. The summed E-state index contributed by atoms with van der Waals surface area (Å²) in [5.74, 6) is -0.000749. The lowest BCUT2D eigenvalue weighted by molar-refractivity contribution is -0.135. The number of rotatable bonds is 7. The lowest BCUT2D eigenvalue weighted by Gasteiger charge is -2.20. The van der Waals surface area contributed by atoms with Gasteiger partial charge in [-0.05, 0) is 13.8 Å². The summed E-state index contributed by atoms with van der Waals surface area (Å²) in [5, 5.41) is 8.84. The first-order valence-corrected chi connectivity index (χ1v) is 5.59. The Bertz CT molecular complexity index is 421. The van der Waals surface area contributed by atoms with E-state index in [0.29, 0.717) is 18.2 Å². The molecule has 6 heteroatoms. The van der Waals surface area contributed by atoms with Gasteiger partial charge in [-0.25, -0.2) is 9.97 Å². The molecule has 1 N–H and O–H groups in total. The van der Waals surface area contributed by atoms with E-state index in [2.05, 4.69) is 16.5 Å². The highest BCUT2D eigenvalue weighted by Crippen LogP contribution is 2.16. The Hall–Kier alpha value is -2.11. The number of aliphatic carboxylic acids is 1. The summed E-state index contributed by atoms with van der Waals surface area (Å²) >= 11 is 0. The minimum absolute atomic E-state index is 0.0000723. The Kier molecular flexibility index (Phi) is 5.10. The van der Waals surface area contributed by atoms with Gasteiger partial charge in [0.1, 0.15) is 18.7 Å². The summed E-state index contributed by atoms with van der Waals surface area (Å²) in [5.41, 5.74) is 0. The zero-order valence-corrected chi connectivity index (χ0v) is 10.5. The molecule has 0 atom stereocenters. The fourth-order valence-electron chi connectivity index (χ4n) is 1.37. The van der Waals surface area contributed by atoms with E-state index in [1.54, 1.807) is 17.0 Å². The number of carboxylic acids is 1. The minimum Gasteiger partial charge on any atom is -0.480 e. The number of carboxylic acid groups (broad SMARTS) is 1. The Morgan fingerprint density at radius 3 is 2.89 bits per heavy atom. The van der Waals surface area contributed by atoms with E-state index >= 15 is 0 Å².